The molecule has 3 aromatic rings. The molecular weight excluding hydrogens is 372 g/mol. The van der Waals surface area contributed by atoms with E-state index in [2.05, 4.69) is 0 Å². The lowest BCUT2D eigenvalue weighted by molar-refractivity contribution is 0.104. The van der Waals surface area contributed by atoms with E-state index in [1.54, 1.807) is 0 Å². The number of fused-ring (bicyclic) bond motifs is 5. The standard InChI is InChI=1S/C26H30N2O2/c27-17-11-5-3-1-2-4-6-12-18-28-24-20-14-8-9-15-21(20)25(29)23(24)19-13-7-10-16-22(19)26(28)30/h7-10,13-16H,1-6,11-12,17-18,27H2. The zero-order chi connectivity index (χ0) is 20.9. The van der Waals surface area contributed by atoms with Crippen molar-refractivity contribution in [2.24, 2.45) is 5.73 Å². The van der Waals surface area contributed by atoms with E-state index in [1.165, 1.54) is 32.1 Å². The van der Waals surface area contributed by atoms with Gasteiger partial charge in [-0.05, 0) is 25.5 Å². The summed E-state index contributed by atoms with van der Waals surface area (Å²) in [5.41, 5.74) is 8.63. The fourth-order valence-electron chi connectivity index (χ4n) is 4.62. The summed E-state index contributed by atoms with van der Waals surface area (Å²) in [7, 11) is 0. The molecule has 1 heterocycles. The van der Waals surface area contributed by atoms with Crippen molar-refractivity contribution < 1.29 is 4.79 Å². The van der Waals surface area contributed by atoms with Crippen LogP contribution in [0, 0.1) is 0 Å². The van der Waals surface area contributed by atoms with E-state index in [1.807, 2.05) is 53.1 Å². The SMILES string of the molecule is NCCCCCCCCCCn1c2c(c3ccccc3c1=O)C(=O)c1ccccc1-2. The van der Waals surface area contributed by atoms with Gasteiger partial charge >= 0.3 is 0 Å². The Morgan fingerprint density at radius 1 is 0.667 bits per heavy atom. The van der Waals surface area contributed by atoms with Crippen molar-refractivity contribution in [3.63, 3.8) is 0 Å². The molecule has 2 N–H and O–H groups in total. The topological polar surface area (TPSA) is 65.1 Å². The zero-order valence-electron chi connectivity index (χ0n) is 17.5. The molecule has 0 unspecified atom stereocenters. The minimum absolute atomic E-state index is 0.00985. The molecule has 0 spiro atoms. The minimum Gasteiger partial charge on any atom is -0.330 e. The summed E-state index contributed by atoms with van der Waals surface area (Å²) in [5, 5.41) is 1.41. The second-order valence-corrected chi connectivity index (χ2v) is 8.22. The number of carbonyl (C=O) groups is 1. The molecule has 1 aromatic heterocycles. The Labute approximate surface area is 177 Å². The summed E-state index contributed by atoms with van der Waals surface area (Å²) >= 11 is 0. The summed E-state index contributed by atoms with van der Waals surface area (Å²) in [4.78, 5) is 26.5. The number of ketones is 1. The molecule has 2 aromatic carbocycles. The van der Waals surface area contributed by atoms with Crippen LogP contribution in [0.2, 0.25) is 0 Å². The van der Waals surface area contributed by atoms with E-state index in [0.717, 1.165) is 42.5 Å². The van der Waals surface area contributed by atoms with Gasteiger partial charge in [0.1, 0.15) is 0 Å². The van der Waals surface area contributed by atoms with E-state index in [-0.39, 0.29) is 11.3 Å². The molecule has 4 rings (SSSR count). The number of benzene rings is 2. The first-order valence-corrected chi connectivity index (χ1v) is 11.2. The molecule has 4 nitrogen and oxygen atoms in total. The van der Waals surface area contributed by atoms with Gasteiger partial charge in [0.05, 0.1) is 11.3 Å². The Hall–Kier alpha value is -2.72. The van der Waals surface area contributed by atoms with Gasteiger partial charge in [0.25, 0.3) is 5.56 Å². The van der Waals surface area contributed by atoms with Crippen molar-refractivity contribution in [2.45, 2.75) is 57.9 Å². The number of carbonyl (C=O) groups excluding carboxylic acids is 1. The van der Waals surface area contributed by atoms with Crippen molar-refractivity contribution in [2.75, 3.05) is 6.54 Å². The van der Waals surface area contributed by atoms with Crippen LogP contribution in [0.3, 0.4) is 0 Å². The Morgan fingerprint density at radius 2 is 1.23 bits per heavy atom. The van der Waals surface area contributed by atoms with Gasteiger partial charge in [-0.25, -0.2) is 0 Å². The first kappa shape index (κ1) is 20.5. The molecule has 0 saturated carbocycles. The number of rotatable bonds is 10. The van der Waals surface area contributed by atoms with Crippen LogP contribution in [-0.4, -0.2) is 16.9 Å². The molecule has 156 valence electrons. The van der Waals surface area contributed by atoms with E-state index in [0.29, 0.717) is 23.1 Å². The highest BCUT2D eigenvalue weighted by molar-refractivity contribution is 6.26. The van der Waals surface area contributed by atoms with Gasteiger partial charge < -0.3 is 10.3 Å². The van der Waals surface area contributed by atoms with E-state index in [4.69, 9.17) is 5.73 Å². The molecule has 0 saturated heterocycles. The van der Waals surface area contributed by atoms with E-state index < -0.39 is 0 Å². The summed E-state index contributed by atoms with van der Waals surface area (Å²) < 4.78 is 1.85. The molecule has 1 aliphatic carbocycles. The maximum Gasteiger partial charge on any atom is 0.258 e. The summed E-state index contributed by atoms with van der Waals surface area (Å²) in [6.07, 6.45) is 9.32. The number of pyridine rings is 1. The highest BCUT2D eigenvalue weighted by Crippen LogP contribution is 2.39. The van der Waals surface area contributed by atoms with Crippen molar-refractivity contribution >= 4 is 16.6 Å². The van der Waals surface area contributed by atoms with Crippen LogP contribution in [0.15, 0.2) is 53.3 Å². The molecule has 1 aliphatic rings. The molecule has 0 aliphatic heterocycles. The molecule has 4 heteroatoms. The molecule has 0 bridgehead atoms. The molecule has 30 heavy (non-hydrogen) atoms. The van der Waals surface area contributed by atoms with Gasteiger partial charge in [0.15, 0.2) is 5.78 Å². The molecule has 0 amide bonds. The van der Waals surface area contributed by atoms with Crippen molar-refractivity contribution in [1.29, 1.82) is 0 Å². The lowest BCUT2D eigenvalue weighted by atomic mass is 10.0. The third kappa shape index (κ3) is 3.84. The number of unbranched alkanes of at least 4 members (excludes halogenated alkanes) is 7. The van der Waals surface area contributed by atoms with Crippen LogP contribution in [0.4, 0.5) is 0 Å². The second kappa shape index (κ2) is 9.40. The summed E-state index contributed by atoms with van der Waals surface area (Å²) in [5.74, 6) is 0.0306. The zero-order valence-corrected chi connectivity index (χ0v) is 17.5. The second-order valence-electron chi connectivity index (χ2n) is 8.22. The average Bonchev–Trinajstić information content (AvgIpc) is 3.07. The molecule has 0 atom stereocenters. The summed E-state index contributed by atoms with van der Waals surface area (Å²) in [6, 6.07) is 15.2. The Morgan fingerprint density at radius 3 is 1.93 bits per heavy atom. The van der Waals surface area contributed by atoms with Crippen molar-refractivity contribution in [3.05, 3.63) is 70.0 Å². The fourth-order valence-corrected chi connectivity index (χ4v) is 4.62. The van der Waals surface area contributed by atoms with Gasteiger partial charge in [-0.2, -0.15) is 0 Å². The van der Waals surface area contributed by atoms with Gasteiger partial charge in [-0.15, -0.1) is 0 Å². The van der Waals surface area contributed by atoms with Gasteiger partial charge in [0.2, 0.25) is 0 Å². The van der Waals surface area contributed by atoms with Crippen LogP contribution >= 0.6 is 0 Å². The van der Waals surface area contributed by atoms with Crippen molar-refractivity contribution in [3.8, 4) is 11.3 Å². The third-order valence-electron chi connectivity index (χ3n) is 6.17. The number of hydrogen-bond donors (Lipinski definition) is 1. The normalized spacial score (nSPS) is 12.4. The predicted octanol–water partition coefficient (Wildman–Crippen LogP) is 5.29. The van der Waals surface area contributed by atoms with E-state index in [9.17, 15) is 9.59 Å². The molecule has 0 radical (unpaired) electrons. The smallest absolute Gasteiger partial charge is 0.258 e. The first-order valence-electron chi connectivity index (χ1n) is 11.2. The highest BCUT2D eigenvalue weighted by atomic mass is 16.1. The predicted molar refractivity (Wildman–Crippen MR) is 123 cm³/mol. The summed E-state index contributed by atoms with van der Waals surface area (Å²) in [6.45, 7) is 1.44. The van der Waals surface area contributed by atoms with Gasteiger partial charge in [-0.1, -0.05) is 81.0 Å². The van der Waals surface area contributed by atoms with Crippen LogP contribution in [-0.2, 0) is 6.54 Å². The maximum atomic E-state index is 13.3. The average molecular weight is 403 g/mol. The highest BCUT2D eigenvalue weighted by Gasteiger charge is 2.31. The van der Waals surface area contributed by atoms with Crippen LogP contribution < -0.4 is 11.3 Å². The fraction of sp³-hybridized carbons (Fsp3) is 0.385. The number of aromatic nitrogens is 1. The lowest BCUT2D eigenvalue weighted by Gasteiger charge is -2.15. The largest absolute Gasteiger partial charge is 0.330 e. The van der Waals surface area contributed by atoms with Gasteiger partial charge in [0, 0.05) is 28.4 Å². The van der Waals surface area contributed by atoms with Gasteiger partial charge in [-0.3, -0.25) is 9.59 Å². The number of nitrogens with two attached hydrogens (primary N) is 1. The van der Waals surface area contributed by atoms with Crippen molar-refractivity contribution in [1.82, 2.24) is 4.57 Å². The Bertz CT molecular complexity index is 1110. The monoisotopic (exact) mass is 402 g/mol. The Balaban J connectivity index is 1.55. The minimum atomic E-state index is 0.00985. The molecular formula is C26H30N2O2. The third-order valence-corrected chi connectivity index (χ3v) is 6.17. The van der Waals surface area contributed by atoms with Crippen LogP contribution in [0.1, 0.15) is 67.3 Å². The first-order chi connectivity index (χ1) is 14.7. The molecule has 0 fully saturated rings. The number of hydrogen-bond acceptors (Lipinski definition) is 3. The van der Waals surface area contributed by atoms with Crippen LogP contribution in [0.5, 0.6) is 0 Å². The quantitative estimate of drug-likeness (QED) is 0.366. The van der Waals surface area contributed by atoms with E-state index >= 15 is 0 Å². The lowest BCUT2D eigenvalue weighted by Crippen LogP contribution is -2.23. The number of nitrogens with zero attached hydrogens (tertiary/aromatic N) is 1. The van der Waals surface area contributed by atoms with Crippen LogP contribution in [0.25, 0.3) is 22.0 Å². The Kier molecular flexibility index (Phi) is 6.44. The maximum absolute atomic E-state index is 13.3.